The molecule has 2 aromatic heterocycles. The standard InChI is InChI=1S/C21H17N5O5S/c1-30-15-10-6-4-8-13(15)18-17(20(29)31-2)23-21(32-18)22-16(27)11-26-19(28)12-7-3-5-9-14(12)24-25-26/h3-10H,11H2,1-2H3,(H,22,23,27). The fraction of sp³-hybridized carbons (Fsp3) is 0.143. The van der Waals surface area contributed by atoms with Crippen molar-refractivity contribution in [1.29, 1.82) is 0 Å². The average molecular weight is 451 g/mol. The summed E-state index contributed by atoms with van der Waals surface area (Å²) in [5.41, 5.74) is 0.679. The Morgan fingerprint density at radius 2 is 1.84 bits per heavy atom. The lowest BCUT2D eigenvalue weighted by Crippen LogP contribution is -2.30. The van der Waals surface area contributed by atoms with E-state index in [4.69, 9.17) is 9.47 Å². The van der Waals surface area contributed by atoms with Gasteiger partial charge >= 0.3 is 5.97 Å². The van der Waals surface area contributed by atoms with E-state index in [9.17, 15) is 14.4 Å². The Kier molecular flexibility index (Phi) is 5.90. The number of anilines is 1. The second-order valence-corrected chi connectivity index (χ2v) is 7.51. The summed E-state index contributed by atoms with van der Waals surface area (Å²) in [5, 5.41) is 10.9. The van der Waals surface area contributed by atoms with Gasteiger partial charge in [0.15, 0.2) is 10.8 Å². The maximum atomic E-state index is 12.6. The van der Waals surface area contributed by atoms with Crippen LogP contribution in [0.15, 0.2) is 53.3 Å². The predicted octanol–water partition coefficient (Wildman–Crippen LogP) is 2.35. The molecule has 162 valence electrons. The quantitative estimate of drug-likeness (QED) is 0.443. The molecule has 0 radical (unpaired) electrons. The van der Waals surface area contributed by atoms with Crippen molar-refractivity contribution in [2.75, 3.05) is 19.5 Å². The zero-order valence-corrected chi connectivity index (χ0v) is 17.9. The van der Waals surface area contributed by atoms with Crippen LogP contribution in [0.25, 0.3) is 21.3 Å². The van der Waals surface area contributed by atoms with Crippen molar-refractivity contribution in [3.63, 3.8) is 0 Å². The number of aromatic nitrogens is 4. The highest BCUT2D eigenvalue weighted by Crippen LogP contribution is 2.38. The van der Waals surface area contributed by atoms with E-state index >= 15 is 0 Å². The summed E-state index contributed by atoms with van der Waals surface area (Å²) in [6.07, 6.45) is 0. The Morgan fingerprint density at radius 1 is 1.09 bits per heavy atom. The van der Waals surface area contributed by atoms with Crippen molar-refractivity contribution in [2.45, 2.75) is 6.54 Å². The van der Waals surface area contributed by atoms with Gasteiger partial charge in [-0.3, -0.25) is 9.59 Å². The van der Waals surface area contributed by atoms with Gasteiger partial charge in [0.05, 0.1) is 24.5 Å². The van der Waals surface area contributed by atoms with Gasteiger partial charge in [-0.15, -0.1) is 5.10 Å². The molecule has 0 aliphatic carbocycles. The number of nitrogens with zero attached hydrogens (tertiary/aromatic N) is 4. The van der Waals surface area contributed by atoms with Gasteiger partial charge in [-0.05, 0) is 24.3 Å². The minimum Gasteiger partial charge on any atom is -0.496 e. The smallest absolute Gasteiger partial charge is 0.358 e. The Bertz CT molecular complexity index is 1380. The van der Waals surface area contributed by atoms with Crippen LogP contribution in [0.5, 0.6) is 5.75 Å². The molecule has 0 fully saturated rings. The number of methoxy groups -OCH3 is 2. The van der Waals surface area contributed by atoms with Crippen molar-refractivity contribution < 1.29 is 19.1 Å². The molecule has 4 aromatic rings. The lowest BCUT2D eigenvalue weighted by atomic mass is 10.1. The lowest BCUT2D eigenvalue weighted by molar-refractivity contribution is -0.117. The van der Waals surface area contributed by atoms with E-state index in [1.54, 1.807) is 48.5 Å². The van der Waals surface area contributed by atoms with Gasteiger partial charge < -0.3 is 14.8 Å². The van der Waals surface area contributed by atoms with Crippen molar-refractivity contribution >= 4 is 39.2 Å². The number of hydrogen-bond acceptors (Lipinski definition) is 9. The number of rotatable bonds is 6. The minimum absolute atomic E-state index is 0.0416. The van der Waals surface area contributed by atoms with Crippen LogP contribution in [0.4, 0.5) is 5.13 Å². The molecule has 1 amide bonds. The van der Waals surface area contributed by atoms with Crippen LogP contribution in [-0.4, -0.2) is 46.1 Å². The third kappa shape index (κ3) is 4.05. The van der Waals surface area contributed by atoms with E-state index in [0.29, 0.717) is 27.1 Å². The second-order valence-electron chi connectivity index (χ2n) is 6.51. The van der Waals surface area contributed by atoms with Crippen LogP contribution in [0, 0.1) is 0 Å². The molecule has 1 N–H and O–H groups in total. The molecule has 0 saturated carbocycles. The first-order valence-electron chi connectivity index (χ1n) is 9.36. The zero-order valence-electron chi connectivity index (χ0n) is 17.1. The molecule has 0 saturated heterocycles. The fourth-order valence-corrected chi connectivity index (χ4v) is 4.04. The number of carbonyl (C=O) groups is 2. The molecule has 4 rings (SSSR count). The highest BCUT2D eigenvalue weighted by atomic mass is 32.1. The number of carbonyl (C=O) groups excluding carboxylic acids is 2. The van der Waals surface area contributed by atoms with Crippen molar-refractivity contribution in [1.82, 2.24) is 20.0 Å². The number of benzene rings is 2. The normalized spacial score (nSPS) is 10.7. The molecule has 32 heavy (non-hydrogen) atoms. The maximum absolute atomic E-state index is 12.6. The van der Waals surface area contributed by atoms with Crippen molar-refractivity contribution in [3.05, 3.63) is 64.6 Å². The molecule has 0 unspecified atom stereocenters. The zero-order chi connectivity index (χ0) is 22.7. The second kappa shape index (κ2) is 8.94. The van der Waals surface area contributed by atoms with E-state index in [2.05, 4.69) is 20.6 Å². The highest BCUT2D eigenvalue weighted by Gasteiger charge is 2.23. The number of nitrogens with one attached hydrogen (secondary N) is 1. The van der Waals surface area contributed by atoms with Crippen LogP contribution in [0.2, 0.25) is 0 Å². The summed E-state index contributed by atoms with van der Waals surface area (Å²) in [6, 6.07) is 13.8. The minimum atomic E-state index is -0.653. The highest BCUT2D eigenvalue weighted by molar-refractivity contribution is 7.19. The first-order chi connectivity index (χ1) is 15.5. The molecule has 0 spiro atoms. The van der Waals surface area contributed by atoms with Crippen LogP contribution in [0.1, 0.15) is 10.5 Å². The van der Waals surface area contributed by atoms with Crippen LogP contribution >= 0.6 is 11.3 Å². The molecule has 0 atom stereocenters. The molecule has 11 heteroatoms. The van der Waals surface area contributed by atoms with E-state index in [1.165, 1.54) is 14.2 Å². The van der Waals surface area contributed by atoms with E-state index < -0.39 is 17.4 Å². The third-order valence-electron chi connectivity index (χ3n) is 4.53. The summed E-state index contributed by atoms with van der Waals surface area (Å²) < 4.78 is 11.2. The monoisotopic (exact) mass is 451 g/mol. The van der Waals surface area contributed by atoms with E-state index in [0.717, 1.165) is 16.0 Å². The van der Waals surface area contributed by atoms with Gasteiger partial charge in [-0.25, -0.2) is 14.5 Å². The number of hydrogen-bond donors (Lipinski definition) is 1. The SMILES string of the molecule is COC(=O)c1nc(NC(=O)Cn2nnc3ccccc3c2=O)sc1-c1ccccc1OC. The fourth-order valence-electron chi connectivity index (χ4n) is 3.05. The third-order valence-corrected chi connectivity index (χ3v) is 5.53. The van der Waals surface area contributed by atoms with Crippen molar-refractivity contribution in [3.8, 4) is 16.2 Å². The number of esters is 1. The van der Waals surface area contributed by atoms with Gasteiger partial charge in [0, 0.05) is 5.56 Å². The maximum Gasteiger partial charge on any atom is 0.358 e. The van der Waals surface area contributed by atoms with Crippen molar-refractivity contribution in [2.24, 2.45) is 0 Å². The Hall–Kier alpha value is -4.12. The molecule has 2 heterocycles. The molecular weight excluding hydrogens is 434 g/mol. The van der Waals surface area contributed by atoms with Crippen LogP contribution < -0.4 is 15.6 Å². The number of para-hydroxylation sites is 1. The largest absolute Gasteiger partial charge is 0.496 e. The Balaban J connectivity index is 1.63. The summed E-state index contributed by atoms with van der Waals surface area (Å²) in [7, 11) is 2.76. The van der Waals surface area contributed by atoms with Gasteiger partial charge in [0.1, 0.15) is 17.8 Å². The summed E-state index contributed by atoms with van der Waals surface area (Å²) in [5.74, 6) is -0.662. The number of amides is 1. The van der Waals surface area contributed by atoms with Gasteiger partial charge in [0.25, 0.3) is 5.56 Å². The number of thiazole rings is 1. The van der Waals surface area contributed by atoms with Crippen LogP contribution in [-0.2, 0) is 16.1 Å². The predicted molar refractivity (Wildman–Crippen MR) is 118 cm³/mol. The van der Waals surface area contributed by atoms with E-state index in [1.807, 2.05) is 0 Å². The Morgan fingerprint density at radius 3 is 2.62 bits per heavy atom. The van der Waals surface area contributed by atoms with Gasteiger partial charge in [0.2, 0.25) is 5.91 Å². The Labute approximate surface area is 185 Å². The summed E-state index contributed by atoms with van der Waals surface area (Å²) in [4.78, 5) is 42.1. The van der Waals surface area contributed by atoms with E-state index in [-0.39, 0.29) is 17.4 Å². The molecular formula is C21H17N5O5S. The average Bonchev–Trinajstić information content (AvgIpc) is 3.23. The topological polar surface area (TPSA) is 125 Å². The first-order valence-corrected chi connectivity index (χ1v) is 10.2. The molecule has 0 aliphatic rings. The molecule has 2 aromatic carbocycles. The summed E-state index contributed by atoms with van der Waals surface area (Å²) >= 11 is 1.08. The number of fused-ring (bicyclic) bond motifs is 1. The van der Waals surface area contributed by atoms with Crippen LogP contribution in [0.3, 0.4) is 0 Å². The lowest BCUT2D eigenvalue weighted by Gasteiger charge is -2.07. The molecule has 0 aliphatic heterocycles. The first kappa shape index (κ1) is 21.1. The molecule has 0 bridgehead atoms. The molecule has 10 nitrogen and oxygen atoms in total. The summed E-state index contributed by atoms with van der Waals surface area (Å²) in [6.45, 7) is -0.367. The van der Waals surface area contributed by atoms with Gasteiger partial charge in [-0.1, -0.05) is 40.8 Å². The number of ether oxygens (including phenoxy) is 2. The van der Waals surface area contributed by atoms with Gasteiger partial charge in [-0.2, -0.15) is 0 Å².